The Morgan fingerprint density at radius 3 is 2.85 bits per heavy atom. The van der Waals surface area contributed by atoms with E-state index in [1.165, 1.54) is 0 Å². The van der Waals surface area contributed by atoms with Crippen molar-refractivity contribution in [3.8, 4) is 6.01 Å². The van der Waals surface area contributed by atoms with Crippen LogP contribution in [-0.2, 0) is 6.54 Å². The van der Waals surface area contributed by atoms with E-state index < -0.39 is 0 Å². The average Bonchev–Trinajstić information content (AvgIpc) is 2.68. The summed E-state index contributed by atoms with van der Waals surface area (Å²) in [5.74, 6) is 0.821. The lowest BCUT2D eigenvalue weighted by Crippen LogP contribution is -2.03. The van der Waals surface area contributed by atoms with Gasteiger partial charge in [0.2, 0.25) is 0 Å². The Bertz CT molecular complexity index is 799. The number of benzene rings is 1. The lowest BCUT2D eigenvalue weighted by atomic mass is 10.2. The first-order valence-electron chi connectivity index (χ1n) is 5.98. The van der Waals surface area contributed by atoms with Crippen molar-refractivity contribution in [2.24, 2.45) is 0 Å². The standard InChI is InChI=1S/C13H12BrN5O/c1-7-16-11(15)10-12(17-7)19(13(20)18-10)6-8-3-2-4-9(14)5-8/h2-5H,6H2,1H3,(H,18,20)(H2,15,16,17). The van der Waals surface area contributed by atoms with Crippen LogP contribution in [0.2, 0.25) is 0 Å². The number of hydrogen-bond donors (Lipinski definition) is 2. The number of aromatic hydroxyl groups is 1. The van der Waals surface area contributed by atoms with E-state index in [1.807, 2.05) is 24.3 Å². The van der Waals surface area contributed by atoms with Crippen LogP contribution in [0.1, 0.15) is 11.4 Å². The maximum atomic E-state index is 10.00. The molecule has 0 radical (unpaired) electrons. The van der Waals surface area contributed by atoms with Gasteiger partial charge in [-0.05, 0) is 24.6 Å². The fourth-order valence-electron chi connectivity index (χ4n) is 2.09. The quantitative estimate of drug-likeness (QED) is 0.750. The number of halogens is 1. The summed E-state index contributed by atoms with van der Waals surface area (Å²) in [6, 6.07) is 7.70. The van der Waals surface area contributed by atoms with Gasteiger partial charge in [-0.25, -0.2) is 9.97 Å². The first kappa shape index (κ1) is 12.9. The SMILES string of the molecule is Cc1nc(N)c2nc(O)n(Cc3cccc(Br)c3)c2n1. The second-order valence-electron chi connectivity index (χ2n) is 4.46. The first-order valence-corrected chi connectivity index (χ1v) is 6.77. The Labute approximate surface area is 123 Å². The van der Waals surface area contributed by atoms with Crippen molar-refractivity contribution in [3.05, 3.63) is 40.1 Å². The second-order valence-corrected chi connectivity index (χ2v) is 5.37. The molecule has 0 saturated heterocycles. The van der Waals surface area contributed by atoms with Crippen molar-refractivity contribution in [1.29, 1.82) is 0 Å². The van der Waals surface area contributed by atoms with E-state index in [2.05, 4.69) is 30.9 Å². The van der Waals surface area contributed by atoms with Crippen LogP contribution in [0, 0.1) is 6.92 Å². The highest BCUT2D eigenvalue weighted by Crippen LogP contribution is 2.24. The number of imidazole rings is 1. The summed E-state index contributed by atoms with van der Waals surface area (Å²) < 4.78 is 2.59. The van der Waals surface area contributed by atoms with Gasteiger partial charge >= 0.3 is 0 Å². The van der Waals surface area contributed by atoms with Gasteiger partial charge in [-0.15, -0.1) is 0 Å². The van der Waals surface area contributed by atoms with Gasteiger partial charge in [0.25, 0.3) is 6.01 Å². The largest absolute Gasteiger partial charge is 0.480 e. The summed E-state index contributed by atoms with van der Waals surface area (Å²) in [7, 11) is 0. The highest BCUT2D eigenvalue weighted by molar-refractivity contribution is 9.10. The molecule has 0 saturated carbocycles. The third-order valence-corrected chi connectivity index (χ3v) is 3.44. The van der Waals surface area contributed by atoms with Crippen LogP contribution in [0.25, 0.3) is 11.2 Å². The lowest BCUT2D eigenvalue weighted by molar-refractivity contribution is 0.408. The summed E-state index contributed by atoms with van der Waals surface area (Å²) in [5, 5.41) is 10.00. The number of nitrogen functional groups attached to an aromatic ring is 1. The molecule has 3 aromatic rings. The van der Waals surface area contributed by atoms with Gasteiger partial charge in [0, 0.05) is 4.47 Å². The van der Waals surface area contributed by atoms with E-state index in [0.29, 0.717) is 23.5 Å². The molecule has 3 N–H and O–H groups in total. The monoisotopic (exact) mass is 333 g/mol. The zero-order valence-electron chi connectivity index (χ0n) is 10.7. The van der Waals surface area contributed by atoms with Gasteiger partial charge in [0.1, 0.15) is 5.82 Å². The highest BCUT2D eigenvalue weighted by Gasteiger charge is 2.15. The highest BCUT2D eigenvalue weighted by atomic mass is 79.9. The van der Waals surface area contributed by atoms with Crippen LogP contribution in [-0.4, -0.2) is 24.6 Å². The maximum Gasteiger partial charge on any atom is 0.296 e. The molecule has 3 rings (SSSR count). The number of nitrogens with zero attached hydrogens (tertiary/aromatic N) is 4. The fraction of sp³-hybridized carbons (Fsp3) is 0.154. The van der Waals surface area contributed by atoms with E-state index in [0.717, 1.165) is 10.0 Å². The fourth-order valence-corrected chi connectivity index (χ4v) is 2.53. The van der Waals surface area contributed by atoms with Gasteiger partial charge < -0.3 is 10.8 Å². The topological polar surface area (TPSA) is 89.9 Å². The van der Waals surface area contributed by atoms with Crippen LogP contribution in [0.15, 0.2) is 28.7 Å². The molecule has 1 aromatic carbocycles. The van der Waals surface area contributed by atoms with Crippen LogP contribution >= 0.6 is 15.9 Å². The summed E-state index contributed by atoms with van der Waals surface area (Å²) in [6.45, 7) is 2.21. The van der Waals surface area contributed by atoms with Crippen molar-refractivity contribution in [2.45, 2.75) is 13.5 Å². The lowest BCUT2D eigenvalue weighted by Gasteiger charge is -2.06. The number of hydrogen-bond acceptors (Lipinski definition) is 5. The summed E-state index contributed by atoms with van der Waals surface area (Å²) in [6.07, 6.45) is 0. The molecule has 0 aliphatic carbocycles. The minimum absolute atomic E-state index is 0.119. The molecule has 0 unspecified atom stereocenters. The summed E-state index contributed by atoms with van der Waals surface area (Å²) in [5.41, 5.74) is 7.78. The average molecular weight is 334 g/mol. The van der Waals surface area contributed by atoms with Crippen molar-refractivity contribution in [3.63, 3.8) is 0 Å². The maximum absolute atomic E-state index is 10.00. The molecular weight excluding hydrogens is 322 g/mol. The minimum Gasteiger partial charge on any atom is -0.480 e. The summed E-state index contributed by atoms with van der Waals surface area (Å²) in [4.78, 5) is 12.4. The molecular formula is C13H12BrN5O. The van der Waals surface area contributed by atoms with Crippen LogP contribution in [0.5, 0.6) is 6.01 Å². The Balaban J connectivity index is 2.14. The molecule has 0 aliphatic rings. The van der Waals surface area contributed by atoms with Crippen molar-refractivity contribution < 1.29 is 5.11 Å². The molecule has 2 aromatic heterocycles. The molecule has 0 fully saturated rings. The molecule has 20 heavy (non-hydrogen) atoms. The molecule has 7 heteroatoms. The number of anilines is 1. The predicted octanol–water partition coefficient (Wildman–Crippen LogP) is 2.23. The summed E-state index contributed by atoms with van der Waals surface area (Å²) >= 11 is 3.42. The van der Waals surface area contributed by atoms with Crippen LogP contribution in [0.3, 0.4) is 0 Å². The van der Waals surface area contributed by atoms with Gasteiger partial charge in [0.05, 0.1) is 6.54 Å². The third kappa shape index (κ3) is 2.20. The molecule has 6 nitrogen and oxygen atoms in total. The molecule has 102 valence electrons. The van der Waals surface area contributed by atoms with Crippen LogP contribution in [0.4, 0.5) is 5.82 Å². The van der Waals surface area contributed by atoms with E-state index in [1.54, 1.807) is 11.5 Å². The minimum atomic E-state index is -0.119. The molecule has 0 spiro atoms. The molecule has 2 heterocycles. The number of nitrogens with two attached hydrogens (primary N) is 1. The number of fused-ring (bicyclic) bond motifs is 1. The first-order chi connectivity index (χ1) is 9.54. The van der Waals surface area contributed by atoms with Gasteiger partial charge in [0.15, 0.2) is 17.0 Å². The Kier molecular flexibility index (Phi) is 3.06. The second kappa shape index (κ2) is 4.75. The molecule has 0 aliphatic heterocycles. The van der Waals surface area contributed by atoms with Crippen molar-refractivity contribution in [2.75, 3.05) is 5.73 Å². The van der Waals surface area contributed by atoms with Crippen LogP contribution < -0.4 is 5.73 Å². The number of aryl methyl sites for hydroxylation is 1. The molecule has 0 amide bonds. The Hall–Kier alpha value is -2.15. The smallest absolute Gasteiger partial charge is 0.296 e. The van der Waals surface area contributed by atoms with Crippen molar-refractivity contribution in [1.82, 2.24) is 19.5 Å². The van der Waals surface area contributed by atoms with Crippen molar-refractivity contribution >= 4 is 32.9 Å². The third-order valence-electron chi connectivity index (χ3n) is 2.94. The molecule has 0 atom stereocenters. The van der Waals surface area contributed by atoms with E-state index in [4.69, 9.17) is 5.73 Å². The van der Waals surface area contributed by atoms with E-state index in [9.17, 15) is 5.11 Å². The van der Waals surface area contributed by atoms with Gasteiger partial charge in [-0.1, -0.05) is 28.1 Å². The van der Waals surface area contributed by atoms with Gasteiger partial charge in [-0.2, -0.15) is 4.98 Å². The predicted molar refractivity (Wildman–Crippen MR) is 79.4 cm³/mol. The Morgan fingerprint density at radius 1 is 1.30 bits per heavy atom. The zero-order chi connectivity index (χ0) is 14.3. The number of aromatic nitrogens is 4. The van der Waals surface area contributed by atoms with E-state index in [-0.39, 0.29) is 11.8 Å². The van der Waals surface area contributed by atoms with Gasteiger partial charge in [-0.3, -0.25) is 4.57 Å². The normalized spacial score (nSPS) is 11.1. The Morgan fingerprint density at radius 2 is 2.10 bits per heavy atom. The zero-order valence-corrected chi connectivity index (χ0v) is 12.3. The number of rotatable bonds is 2. The van der Waals surface area contributed by atoms with E-state index >= 15 is 0 Å². The molecule has 0 bridgehead atoms.